The molecule has 1 atom stereocenters. The number of hydrogen-bond acceptors (Lipinski definition) is 2. The van der Waals surface area contributed by atoms with E-state index in [2.05, 4.69) is 10.2 Å². The van der Waals surface area contributed by atoms with Crippen LogP contribution < -0.4 is 5.32 Å². The molecule has 2 rings (SSSR count). The quantitative estimate of drug-likeness (QED) is 0.919. The number of likely N-dealkylation sites (N-methyl/N-ethyl adjacent to an activating group) is 1. The van der Waals surface area contributed by atoms with Gasteiger partial charge in [0.2, 0.25) is 5.91 Å². The molecule has 1 aliphatic rings. The third-order valence-corrected chi connectivity index (χ3v) is 3.91. The van der Waals surface area contributed by atoms with Crippen molar-refractivity contribution in [3.8, 4) is 0 Å². The summed E-state index contributed by atoms with van der Waals surface area (Å²) in [5, 5.41) is 3.77. The number of likely N-dealkylation sites (tertiary alicyclic amines) is 1. The second kappa shape index (κ2) is 6.92. The van der Waals surface area contributed by atoms with E-state index in [1.165, 1.54) is 6.42 Å². The number of nitrogens with one attached hydrogen (secondary N) is 1. The summed E-state index contributed by atoms with van der Waals surface area (Å²) in [5.41, 5.74) is 1.16. The Hall–Kier alpha value is -1.06. The number of amides is 1. The fourth-order valence-electron chi connectivity index (χ4n) is 2.55. The molecule has 4 heteroatoms. The fraction of sp³-hybridized carbons (Fsp3) is 0.533. The highest BCUT2D eigenvalue weighted by molar-refractivity contribution is 6.30. The van der Waals surface area contributed by atoms with Gasteiger partial charge in [-0.2, -0.15) is 0 Å². The van der Waals surface area contributed by atoms with Crippen LogP contribution in [0.4, 0.5) is 0 Å². The monoisotopic (exact) mass is 280 g/mol. The molecule has 1 fully saturated rings. The van der Waals surface area contributed by atoms with Crippen LogP contribution in [0.15, 0.2) is 24.3 Å². The zero-order valence-corrected chi connectivity index (χ0v) is 12.1. The van der Waals surface area contributed by atoms with Crippen molar-refractivity contribution in [2.45, 2.75) is 31.7 Å². The molecular weight excluding hydrogens is 260 g/mol. The molecule has 1 N–H and O–H groups in total. The van der Waals surface area contributed by atoms with E-state index >= 15 is 0 Å². The summed E-state index contributed by atoms with van der Waals surface area (Å²) >= 11 is 5.93. The number of halogens is 1. The normalized spacial score (nSPS) is 20.2. The summed E-state index contributed by atoms with van der Waals surface area (Å²) in [7, 11) is 2.03. The summed E-state index contributed by atoms with van der Waals surface area (Å²) in [6.45, 7) is 1.69. The number of carbonyl (C=O) groups is 1. The van der Waals surface area contributed by atoms with Crippen molar-refractivity contribution in [2.75, 3.05) is 20.1 Å². The molecule has 1 aromatic rings. The third kappa shape index (κ3) is 4.22. The summed E-state index contributed by atoms with van der Waals surface area (Å²) in [5.74, 6) is 0.157. The number of nitrogens with zero attached hydrogens (tertiary/aromatic N) is 1. The van der Waals surface area contributed by atoms with Crippen LogP contribution in [0, 0.1) is 0 Å². The van der Waals surface area contributed by atoms with Gasteiger partial charge in [-0.3, -0.25) is 9.69 Å². The van der Waals surface area contributed by atoms with Gasteiger partial charge in [0.15, 0.2) is 0 Å². The highest BCUT2D eigenvalue weighted by Gasteiger charge is 2.25. The summed E-state index contributed by atoms with van der Waals surface area (Å²) in [6, 6.07) is 7.83. The second-order valence-corrected chi connectivity index (χ2v) is 5.60. The fourth-order valence-corrected chi connectivity index (χ4v) is 2.76. The smallest absolute Gasteiger partial charge is 0.237 e. The lowest BCUT2D eigenvalue weighted by Crippen LogP contribution is -2.47. The molecule has 1 saturated heterocycles. The molecule has 0 aromatic heterocycles. The number of rotatable bonds is 4. The number of carbonyl (C=O) groups excluding carboxylic acids is 1. The van der Waals surface area contributed by atoms with Crippen LogP contribution >= 0.6 is 11.6 Å². The zero-order valence-electron chi connectivity index (χ0n) is 11.4. The zero-order chi connectivity index (χ0) is 13.7. The largest absolute Gasteiger partial charge is 0.354 e. The van der Waals surface area contributed by atoms with Crippen molar-refractivity contribution in [3.05, 3.63) is 34.9 Å². The molecule has 0 aliphatic carbocycles. The lowest BCUT2D eigenvalue weighted by Gasteiger charge is -2.31. The van der Waals surface area contributed by atoms with Gasteiger partial charge in [0.1, 0.15) is 0 Å². The Morgan fingerprint density at radius 3 is 3.05 bits per heavy atom. The van der Waals surface area contributed by atoms with Crippen LogP contribution in [-0.4, -0.2) is 37.0 Å². The van der Waals surface area contributed by atoms with Crippen LogP contribution in [0.1, 0.15) is 24.8 Å². The van der Waals surface area contributed by atoms with Crippen molar-refractivity contribution >= 4 is 17.5 Å². The van der Waals surface area contributed by atoms with Gasteiger partial charge in [-0.1, -0.05) is 30.2 Å². The van der Waals surface area contributed by atoms with E-state index in [1.54, 1.807) is 0 Å². The standard InChI is InChI=1S/C15H21ClN2O/c1-18-10-3-2-7-14(18)15(19)17-9-8-12-5-4-6-13(16)11-12/h4-6,11,14H,2-3,7-10H2,1H3,(H,17,19). The van der Waals surface area contributed by atoms with E-state index in [0.29, 0.717) is 6.54 Å². The Bertz CT molecular complexity index is 436. The second-order valence-electron chi connectivity index (χ2n) is 5.16. The first-order chi connectivity index (χ1) is 9.16. The van der Waals surface area contributed by atoms with Crippen LogP contribution in [-0.2, 0) is 11.2 Å². The molecule has 0 bridgehead atoms. The molecule has 0 spiro atoms. The van der Waals surface area contributed by atoms with Gasteiger partial charge in [-0.05, 0) is 50.6 Å². The Morgan fingerprint density at radius 2 is 2.32 bits per heavy atom. The van der Waals surface area contributed by atoms with Crippen LogP contribution in [0.25, 0.3) is 0 Å². The van der Waals surface area contributed by atoms with Crippen molar-refractivity contribution in [2.24, 2.45) is 0 Å². The van der Waals surface area contributed by atoms with Gasteiger partial charge in [-0.25, -0.2) is 0 Å². The molecule has 19 heavy (non-hydrogen) atoms. The van der Waals surface area contributed by atoms with E-state index in [1.807, 2.05) is 31.3 Å². The third-order valence-electron chi connectivity index (χ3n) is 3.68. The van der Waals surface area contributed by atoms with Crippen LogP contribution in [0.3, 0.4) is 0 Å². The van der Waals surface area contributed by atoms with E-state index in [4.69, 9.17) is 11.6 Å². The minimum atomic E-state index is 0.0492. The van der Waals surface area contributed by atoms with Gasteiger partial charge < -0.3 is 5.32 Å². The maximum absolute atomic E-state index is 12.1. The Balaban J connectivity index is 1.77. The summed E-state index contributed by atoms with van der Waals surface area (Å²) in [4.78, 5) is 14.2. The van der Waals surface area contributed by atoms with Crippen molar-refractivity contribution in [1.29, 1.82) is 0 Å². The first-order valence-electron chi connectivity index (χ1n) is 6.89. The van der Waals surface area contributed by atoms with Crippen molar-refractivity contribution in [1.82, 2.24) is 10.2 Å². The predicted octanol–water partition coefficient (Wildman–Crippen LogP) is 2.48. The minimum Gasteiger partial charge on any atom is -0.354 e. The molecule has 1 heterocycles. The van der Waals surface area contributed by atoms with E-state index in [9.17, 15) is 4.79 Å². The molecular formula is C15H21ClN2O. The van der Waals surface area contributed by atoms with E-state index in [0.717, 1.165) is 36.4 Å². The Kier molecular flexibility index (Phi) is 5.23. The van der Waals surface area contributed by atoms with Crippen LogP contribution in [0.2, 0.25) is 5.02 Å². The van der Waals surface area contributed by atoms with Gasteiger partial charge in [0.25, 0.3) is 0 Å². The summed E-state index contributed by atoms with van der Waals surface area (Å²) < 4.78 is 0. The molecule has 1 aromatic carbocycles. The molecule has 1 aliphatic heterocycles. The van der Waals surface area contributed by atoms with Gasteiger partial charge in [0, 0.05) is 11.6 Å². The Morgan fingerprint density at radius 1 is 1.47 bits per heavy atom. The highest BCUT2D eigenvalue weighted by atomic mass is 35.5. The number of hydrogen-bond donors (Lipinski definition) is 1. The maximum atomic E-state index is 12.1. The molecule has 0 radical (unpaired) electrons. The summed E-state index contributed by atoms with van der Waals surface area (Å²) in [6.07, 6.45) is 4.14. The molecule has 1 amide bonds. The van der Waals surface area contributed by atoms with Gasteiger partial charge >= 0.3 is 0 Å². The first kappa shape index (κ1) is 14.4. The lowest BCUT2D eigenvalue weighted by molar-refractivity contribution is -0.126. The van der Waals surface area contributed by atoms with E-state index in [-0.39, 0.29) is 11.9 Å². The number of piperidine rings is 1. The van der Waals surface area contributed by atoms with Crippen molar-refractivity contribution < 1.29 is 4.79 Å². The van der Waals surface area contributed by atoms with Gasteiger partial charge in [-0.15, -0.1) is 0 Å². The predicted molar refractivity (Wildman–Crippen MR) is 78.4 cm³/mol. The Labute approximate surface area is 119 Å². The maximum Gasteiger partial charge on any atom is 0.237 e. The average molecular weight is 281 g/mol. The molecule has 1 unspecified atom stereocenters. The highest BCUT2D eigenvalue weighted by Crippen LogP contribution is 2.15. The number of benzene rings is 1. The SMILES string of the molecule is CN1CCCCC1C(=O)NCCc1cccc(Cl)c1. The molecule has 0 saturated carbocycles. The minimum absolute atomic E-state index is 0.0492. The van der Waals surface area contributed by atoms with Crippen LogP contribution in [0.5, 0.6) is 0 Å². The average Bonchev–Trinajstić information content (AvgIpc) is 2.39. The lowest BCUT2D eigenvalue weighted by atomic mass is 10.0. The first-order valence-corrected chi connectivity index (χ1v) is 7.27. The molecule has 3 nitrogen and oxygen atoms in total. The van der Waals surface area contributed by atoms with E-state index < -0.39 is 0 Å². The molecule has 104 valence electrons. The topological polar surface area (TPSA) is 32.3 Å². The van der Waals surface area contributed by atoms with Gasteiger partial charge in [0.05, 0.1) is 6.04 Å². The van der Waals surface area contributed by atoms with Crippen molar-refractivity contribution in [3.63, 3.8) is 0 Å².